The van der Waals surface area contributed by atoms with Crippen LogP contribution in [0.5, 0.6) is 5.75 Å². The second-order valence-corrected chi connectivity index (χ2v) is 5.32. The average molecular weight is 323 g/mol. The highest BCUT2D eigenvalue weighted by Crippen LogP contribution is 2.28. The van der Waals surface area contributed by atoms with Crippen molar-refractivity contribution in [1.29, 1.82) is 0 Å². The van der Waals surface area contributed by atoms with E-state index in [1.165, 1.54) is 7.11 Å². The van der Waals surface area contributed by atoms with E-state index in [1.807, 2.05) is 13.8 Å². The third kappa shape index (κ3) is 5.33. The monoisotopic (exact) mass is 323 g/mol. The van der Waals surface area contributed by atoms with Crippen LogP contribution >= 0.6 is 12.2 Å². The van der Waals surface area contributed by atoms with Crippen molar-refractivity contribution in [3.8, 4) is 5.75 Å². The lowest BCUT2D eigenvalue weighted by atomic mass is 10.2. The predicted octanol–water partition coefficient (Wildman–Crippen LogP) is 2.51. The third-order valence-corrected chi connectivity index (χ3v) is 3.02. The first-order chi connectivity index (χ1) is 10.4. The zero-order valence-electron chi connectivity index (χ0n) is 13.1. The van der Waals surface area contributed by atoms with Gasteiger partial charge in [-0.2, -0.15) is 0 Å². The summed E-state index contributed by atoms with van der Waals surface area (Å²) in [5.41, 5.74) is 1.23. The minimum atomic E-state index is -0.162. The van der Waals surface area contributed by atoms with Crippen LogP contribution in [-0.4, -0.2) is 24.0 Å². The number of rotatable bonds is 5. The van der Waals surface area contributed by atoms with E-state index in [0.29, 0.717) is 23.5 Å². The highest BCUT2D eigenvalue weighted by atomic mass is 32.1. The lowest BCUT2D eigenvalue weighted by Gasteiger charge is -2.14. The van der Waals surface area contributed by atoms with Crippen molar-refractivity contribution in [2.45, 2.75) is 27.2 Å². The molecule has 0 fully saturated rings. The van der Waals surface area contributed by atoms with Gasteiger partial charge in [0.1, 0.15) is 5.75 Å². The van der Waals surface area contributed by atoms with E-state index < -0.39 is 0 Å². The first-order valence-corrected chi connectivity index (χ1v) is 7.38. The average Bonchev–Trinajstić information content (AvgIpc) is 2.48. The van der Waals surface area contributed by atoms with Crippen molar-refractivity contribution in [2.75, 3.05) is 17.7 Å². The zero-order chi connectivity index (χ0) is 16.7. The minimum Gasteiger partial charge on any atom is -0.494 e. The van der Waals surface area contributed by atoms with Gasteiger partial charge in [0.25, 0.3) is 0 Å². The van der Waals surface area contributed by atoms with Crippen molar-refractivity contribution < 1.29 is 14.3 Å². The van der Waals surface area contributed by atoms with Crippen molar-refractivity contribution >= 4 is 40.5 Å². The van der Waals surface area contributed by atoms with Crippen LogP contribution in [0.2, 0.25) is 0 Å². The van der Waals surface area contributed by atoms with Crippen molar-refractivity contribution in [2.24, 2.45) is 5.92 Å². The van der Waals surface area contributed by atoms with Crippen LogP contribution in [-0.2, 0) is 9.59 Å². The summed E-state index contributed by atoms with van der Waals surface area (Å²) in [5.74, 6) is 0.123. The molecule has 0 unspecified atom stereocenters. The molecule has 0 aliphatic heterocycles. The van der Waals surface area contributed by atoms with E-state index >= 15 is 0 Å². The van der Waals surface area contributed by atoms with E-state index in [4.69, 9.17) is 17.0 Å². The van der Waals surface area contributed by atoms with Crippen molar-refractivity contribution in [1.82, 2.24) is 5.32 Å². The van der Waals surface area contributed by atoms with E-state index in [0.717, 1.165) is 0 Å². The maximum Gasteiger partial charge on any atom is 0.227 e. The normalized spacial score (nSPS) is 10.0. The molecule has 0 radical (unpaired) electrons. The van der Waals surface area contributed by atoms with Crippen LogP contribution in [0.3, 0.4) is 0 Å². The fourth-order valence-corrected chi connectivity index (χ4v) is 1.76. The maximum atomic E-state index is 11.7. The molecule has 1 aromatic carbocycles. The Morgan fingerprint density at radius 2 is 1.95 bits per heavy atom. The van der Waals surface area contributed by atoms with E-state index in [1.54, 1.807) is 25.1 Å². The van der Waals surface area contributed by atoms with Crippen LogP contribution in [0.1, 0.15) is 27.2 Å². The molecule has 7 heteroatoms. The molecule has 2 amide bonds. The Morgan fingerprint density at radius 1 is 1.27 bits per heavy atom. The van der Waals surface area contributed by atoms with E-state index in [2.05, 4.69) is 16.0 Å². The van der Waals surface area contributed by atoms with Gasteiger partial charge in [0, 0.05) is 24.1 Å². The van der Waals surface area contributed by atoms with Gasteiger partial charge in [0.15, 0.2) is 5.11 Å². The lowest BCUT2D eigenvalue weighted by molar-refractivity contribution is -0.119. The standard InChI is InChI=1S/C15H21N3O3S/c1-5-13(19)18-15(22)16-10-6-7-11(12(8-10)21-4)17-14(20)9(2)3/h6-9H,5H2,1-4H3,(H,17,20)(H2,16,18,19,22). The molecule has 0 spiro atoms. The molecule has 1 rings (SSSR count). The van der Waals surface area contributed by atoms with E-state index in [-0.39, 0.29) is 22.8 Å². The van der Waals surface area contributed by atoms with Gasteiger partial charge in [-0.1, -0.05) is 20.8 Å². The largest absolute Gasteiger partial charge is 0.494 e. The highest BCUT2D eigenvalue weighted by Gasteiger charge is 2.12. The molecule has 120 valence electrons. The summed E-state index contributed by atoms with van der Waals surface area (Å²) in [7, 11) is 1.52. The molecular weight excluding hydrogens is 302 g/mol. The number of hydrogen-bond donors (Lipinski definition) is 3. The summed E-state index contributed by atoms with van der Waals surface area (Å²) in [4.78, 5) is 23.0. The molecule has 0 heterocycles. The Morgan fingerprint density at radius 3 is 2.50 bits per heavy atom. The van der Waals surface area contributed by atoms with Crippen LogP contribution in [0.25, 0.3) is 0 Å². The fourth-order valence-electron chi connectivity index (χ4n) is 1.53. The number of benzene rings is 1. The Hall–Kier alpha value is -2.15. The molecule has 0 aliphatic carbocycles. The van der Waals surface area contributed by atoms with Gasteiger partial charge in [-0.3, -0.25) is 9.59 Å². The Labute approximate surface area is 135 Å². The SMILES string of the molecule is CCC(=O)NC(=S)Nc1ccc(NC(=O)C(C)C)c(OC)c1. The highest BCUT2D eigenvalue weighted by molar-refractivity contribution is 7.80. The number of amides is 2. The molecule has 22 heavy (non-hydrogen) atoms. The second kappa shape index (κ2) is 8.33. The Balaban J connectivity index is 2.82. The van der Waals surface area contributed by atoms with Gasteiger partial charge in [-0.05, 0) is 24.4 Å². The third-order valence-electron chi connectivity index (χ3n) is 2.82. The number of thiocarbonyl (C=S) groups is 1. The molecule has 0 saturated heterocycles. The van der Waals surface area contributed by atoms with Crippen LogP contribution in [0, 0.1) is 5.92 Å². The lowest BCUT2D eigenvalue weighted by Crippen LogP contribution is -2.33. The second-order valence-electron chi connectivity index (χ2n) is 4.91. The Kier molecular flexibility index (Phi) is 6.78. The molecule has 1 aromatic rings. The van der Waals surface area contributed by atoms with Gasteiger partial charge in [0.05, 0.1) is 12.8 Å². The summed E-state index contributed by atoms with van der Waals surface area (Å²) in [6.07, 6.45) is 0.352. The summed E-state index contributed by atoms with van der Waals surface area (Å²) in [5, 5.41) is 8.44. The van der Waals surface area contributed by atoms with Crippen molar-refractivity contribution in [3.05, 3.63) is 18.2 Å². The van der Waals surface area contributed by atoms with Crippen LogP contribution < -0.4 is 20.7 Å². The molecule has 0 bridgehead atoms. The molecule has 0 aromatic heterocycles. The molecule has 3 N–H and O–H groups in total. The van der Waals surface area contributed by atoms with Crippen LogP contribution in [0.4, 0.5) is 11.4 Å². The summed E-state index contributed by atoms with van der Waals surface area (Å²) in [6.45, 7) is 5.37. The van der Waals surface area contributed by atoms with Gasteiger partial charge < -0.3 is 20.7 Å². The smallest absolute Gasteiger partial charge is 0.227 e. The molecule has 0 saturated carbocycles. The molecule has 0 atom stereocenters. The number of anilines is 2. The number of methoxy groups -OCH3 is 1. The van der Waals surface area contributed by atoms with Gasteiger partial charge >= 0.3 is 0 Å². The van der Waals surface area contributed by atoms with E-state index in [9.17, 15) is 9.59 Å². The van der Waals surface area contributed by atoms with Gasteiger partial charge in [-0.15, -0.1) is 0 Å². The quantitative estimate of drug-likeness (QED) is 0.726. The Bertz CT molecular complexity index is 573. The maximum absolute atomic E-state index is 11.7. The molecular formula is C15H21N3O3S. The van der Waals surface area contributed by atoms with Crippen molar-refractivity contribution in [3.63, 3.8) is 0 Å². The van der Waals surface area contributed by atoms with Gasteiger partial charge in [0.2, 0.25) is 11.8 Å². The number of hydrogen-bond acceptors (Lipinski definition) is 4. The molecule has 6 nitrogen and oxygen atoms in total. The van der Waals surface area contributed by atoms with Gasteiger partial charge in [-0.25, -0.2) is 0 Å². The summed E-state index contributed by atoms with van der Waals surface area (Å²) in [6, 6.07) is 5.15. The summed E-state index contributed by atoms with van der Waals surface area (Å²) < 4.78 is 5.27. The number of carbonyl (C=O) groups excluding carboxylic acids is 2. The number of nitrogens with one attached hydrogen (secondary N) is 3. The summed E-state index contributed by atoms with van der Waals surface area (Å²) >= 11 is 5.04. The zero-order valence-corrected chi connectivity index (χ0v) is 14.0. The predicted molar refractivity (Wildman–Crippen MR) is 91.1 cm³/mol. The number of carbonyl (C=O) groups is 2. The van der Waals surface area contributed by atoms with Crippen LogP contribution in [0.15, 0.2) is 18.2 Å². The topological polar surface area (TPSA) is 79.5 Å². The number of ether oxygens (including phenoxy) is 1. The molecule has 0 aliphatic rings. The first kappa shape index (κ1) is 17.9. The minimum absolute atomic E-state index is 0.0928. The fraction of sp³-hybridized carbons (Fsp3) is 0.400. The first-order valence-electron chi connectivity index (χ1n) is 6.97.